The number of rotatable bonds is 4. The van der Waals surface area contributed by atoms with E-state index in [0.29, 0.717) is 36.1 Å². The molecule has 2 aromatic rings. The second-order valence-corrected chi connectivity index (χ2v) is 6.96. The van der Waals surface area contributed by atoms with E-state index in [9.17, 15) is 9.90 Å². The lowest BCUT2D eigenvalue weighted by Crippen LogP contribution is -2.35. The molecule has 0 atom stereocenters. The maximum Gasteiger partial charge on any atom is 0.254 e. The van der Waals surface area contributed by atoms with E-state index in [4.69, 9.17) is 16.3 Å². The van der Waals surface area contributed by atoms with Crippen LogP contribution in [0.3, 0.4) is 0 Å². The first-order valence-corrected chi connectivity index (χ1v) is 8.67. The number of methoxy groups -OCH3 is 1. The number of aromatic amines is 1. The zero-order chi connectivity index (χ0) is 18.1. The minimum atomic E-state index is -0.0456. The van der Waals surface area contributed by atoms with Crippen LogP contribution >= 0.6 is 11.6 Å². The van der Waals surface area contributed by atoms with E-state index in [1.54, 1.807) is 6.07 Å². The van der Waals surface area contributed by atoms with Crippen molar-refractivity contribution >= 4 is 11.6 Å². The summed E-state index contributed by atoms with van der Waals surface area (Å²) in [5.74, 6) is 1.19. The number of nitrogens with zero attached hydrogens (tertiary/aromatic N) is 2. The van der Waals surface area contributed by atoms with Crippen LogP contribution in [0.15, 0.2) is 16.9 Å². The van der Waals surface area contributed by atoms with E-state index in [2.05, 4.69) is 14.9 Å². The van der Waals surface area contributed by atoms with Crippen LogP contribution < -0.4 is 10.3 Å². The monoisotopic (exact) mass is 363 g/mol. The first-order chi connectivity index (χ1) is 11.9. The van der Waals surface area contributed by atoms with Crippen molar-refractivity contribution in [3.63, 3.8) is 0 Å². The van der Waals surface area contributed by atoms with Crippen LogP contribution in [0.25, 0.3) is 0 Å². The Bertz CT molecular complexity index is 848. The SMILES string of the molecule is COc1ccc(CN2CCc3c(nc(C(C)C)[nH]c3=O)C2)c(Cl)c1O. The minimum Gasteiger partial charge on any atom is -0.503 e. The molecule has 0 saturated heterocycles. The molecule has 2 heterocycles. The topological polar surface area (TPSA) is 78.5 Å². The van der Waals surface area contributed by atoms with Crippen LogP contribution in [-0.4, -0.2) is 33.6 Å². The zero-order valence-electron chi connectivity index (χ0n) is 14.6. The maximum atomic E-state index is 12.2. The standard InChI is InChI=1S/C18H22ClN3O3/c1-10(2)17-20-13-9-22(7-6-12(13)18(24)21-17)8-11-4-5-14(25-3)16(23)15(11)19/h4-5,10,23H,6-9H2,1-3H3,(H,20,21,24). The fourth-order valence-electron chi connectivity index (χ4n) is 3.04. The highest BCUT2D eigenvalue weighted by molar-refractivity contribution is 6.33. The Balaban J connectivity index is 1.84. The molecule has 0 spiro atoms. The van der Waals surface area contributed by atoms with Crippen LogP contribution in [0.4, 0.5) is 0 Å². The van der Waals surface area contributed by atoms with Gasteiger partial charge < -0.3 is 14.8 Å². The van der Waals surface area contributed by atoms with Crippen molar-refractivity contribution in [3.8, 4) is 11.5 Å². The Morgan fingerprint density at radius 3 is 2.88 bits per heavy atom. The largest absolute Gasteiger partial charge is 0.503 e. The normalized spacial score (nSPS) is 14.6. The smallest absolute Gasteiger partial charge is 0.254 e. The van der Waals surface area contributed by atoms with Crippen molar-refractivity contribution in [2.24, 2.45) is 0 Å². The summed E-state index contributed by atoms with van der Waals surface area (Å²) in [4.78, 5) is 21.9. The molecule has 0 saturated carbocycles. The number of aromatic nitrogens is 2. The first kappa shape index (κ1) is 17.8. The molecule has 2 N–H and O–H groups in total. The van der Waals surface area contributed by atoms with Crippen LogP contribution in [-0.2, 0) is 19.5 Å². The predicted octanol–water partition coefficient (Wildman–Crippen LogP) is 2.82. The van der Waals surface area contributed by atoms with Gasteiger partial charge in [0, 0.05) is 31.1 Å². The number of halogens is 1. The Hall–Kier alpha value is -2.05. The number of ether oxygens (including phenoxy) is 1. The van der Waals surface area contributed by atoms with Crippen molar-refractivity contribution in [3.05, 3.63) is 50.2 Å². The van der Waals surface area contributed by atoms with Crippen LogP contribution in [0.1, 0.15) is 42.4 Å². The molecule has 0 unspecified atom stereocenters. The summed E-state index contributed by atoms with van der Waals surface area (Å²) in [6, 6.07) is 3.55. The third-order valence-electron chi connectivity index (χ3n) is 4.49. The molecule has 0 fully saturated rings. The van der Waals surface area contributed by atoms with Gasteiger partial charge in [-0.2, -0.15) is 0 Å². The van der Waals surface area contributed by atoms with Gasteiger partial charge in [0.2, 0.25) is 0 Å². The summed E-state index contributed by atoms with van der Waals surface area (Å²) in [7, 11) is 1.49. The summed E-state index contributed by atoms with van der Waals surface area (Å²) in [6.07, 6.45) is 0.649. The average molecular weight is 364 g/mol. The number of fused-ring (bicyclic) bond motifs is 1. The molecule has 0 aliphatic carbocycles. The molecule has 134 valence electrons. The van der Waals surface area contributed by atoms with E-state index in [1.165, 1.54) is 7.11 Å². The summed E-state index contributed by atoms with van der Waals surface area (Å²) >= 11 is 6.26. The number of phenols is 1. The molecule has 7 heteroatoms. The number of hydrogen-bond donors (Lipinski definition) is 2. The van der Waals surface area contributed by atoms with Gasteiger partial charge in [0.1, 0.15) is 5.82 Å². The van der Waals surface area contributed by atoms with Gasteiger partial charge >= 0.3 is 0 Å². The lowest BCUT2D eigenvalue weighted by Gasteiger charge is -2.28. The Morgan fingerprint density at radius 2 is 2.20 bits per heavy atom. The van der Waals surface area contributed by atoms with Crippen molar-refractivity contribution in [2.75, 3.05) is 13.7 Å². The molecule has 1 aromatic carbocycles. The molecule has 0 radical (unpaired) electrons. The fraction of sp³-hybridized carbons (Fsp3) is 0.444. The summed E-state index contributed by atoms with van der Waals surface area (Å²) in [5, 5.41) is 10.4. The van der Waals surface area contributed by atoms with Gasteiger partial charge in [-0.05, 0) is 18.1 Å². The lowest BCUT2D eigenvalue weighted by molar-refractivity contribution is 0.239. The van der Waals surface area contributed by atoms with Gasteiger partial charge in [-0.25, -0.2) is 4.98 Å². The maximum absolute atomic E-state index is 12.2. The molecular formula is C18H22ClN3O3. The van der Waals surface area contributed by atoms with Gasteiger partial charge in [0.15, 0.2) is 11.5 Å². The van der Waals surface area contributed by atoms with Crippen molar-refractivity contribution in [1.29, 1.82) is 0 Å². The molecule has 0 amide bonds. The van der Waals surface area contributed by atoms with Gasteiger partial charge in [0.25, 0.3) is 5.56 Å². The van der Waals surface area contributed by atoms with Crippen LogP contribution in [0.5, 0.6) is 11.5 Å². The second-order valence-electron chi connectivity index (χ2n) is 6.58. The highest BCUT2D eigenvalue weighted by Crippen LogP contribution is 2.37. The van der Waals surface area contributed by atoms with Gasteiger partial charge in [0.05, 0.1) is 17.8 Å². The number of H-pyrrole nitrogens is 1. The number of nitrogens with one attached hydrogen (secondary N) is 1. The number of aromatic hydroxyl groups is 1. The average Bonchev–Trinajstić information content (AvgIpc) is 2.59. The Morgan fingerprint density at radius 1 is 1.44 bits per heavy atom. The first-order valence-electron chi connectivity index (χ1n) is 8.29. The molecule has 3 rings (SSSR count). The van der Waals surface area contributed by atoms with Gasteiger partial charge in [-0.1, -0.05) is 31.5 Å². The third kappa shape index (κ3) is 3.50. The summed E-state index contributed by atoms with van der Waals surface area (Å²) < 4.78 is 5.07. The highest BCUT2D eigenvalue weighted by Gasteiger charge is 2.23. The molecule has 6 nitrogen and oxygen atoms in total. The van der Waals surface area contributed by atoms with E-state index in [0.717, 1.165) is 23.4 Å². The Kier molecular flexibility index (Phi) is 5.01. The minimum absolute atomic E-state index is 0.0338. The van der Waals surface area contributed by atoms with E-state index in [-0.39, 0.29) is 17.2 Å². The zero-order valence-corrected chi connectivity index (χ0v) is 15.4. The summed E-state index contributed by atoms with van der Waals surface area (Å²) in [5.41, 5.74) is 2.38. The molecule has 25 heavy (non-hydrogen) atoms. The third-order valence-corrected chi connectivity index (χ3v) is 4.91. The van der Waals surface area contributed by atoms with Crippen molar-refractivity contribution < 1.29 is 9.84 Å². The Labute approximate surface area is 151 Å². The van der Waals surface area contributed by atoms with Crippen molar-refractivity contribution in [2.45, 2.75) is 39.3 Å². The van der Waals surface area contributed by atoms with E-state index >= 15 is 0 Å². The molecule has 1 aliphatic rings. The van der Waals surface area contributed by atoms with E-state index in [1.807, 2.05) is 19.9 Å². The molecule has 1 aliphatic heterocycles. The predicted molar refractivity (Wildman–Crippen MR) is 96.4 cm³/mol. The molecular weight excluding hydrogens is 342 g/mol. The van der Waals surface area contributed by atoms with Crippen molar-refractivity contribution in [1.82, 2.24) is 14.9 Å². The number of benzene rings is 1. The van der Waals surface area contributed by atoms with Gasteiger partial charge in [-0.15, -0.1) is 0 Å². The number of hydrogen-bond acceptors (Lipinski definition) is 5. The fourth-order valence-corrected chi connectivity index (χ4v) is 3.25. The highest BCUT2D eigenvalue weighted by atomic mass is 35.5. The molecule has 0 bridgehead atoms. The number of phenolic OH excluding ortho intramolecular Hbond substituents is 1. The van der Waals surface area contributed by atoms with Crippen LogP contribution in [0.2, 0.25) is 5.02 Å². The molecule has 1 aromatic heterocycles. The van der Waals surface area contributed by atoms with Gasteiger partial charge in [-0.3, -0.25) is 9.69 Å². The van der Waals surface area contributed by atoms with Crippen LogP contribution in [0, 0.1) is 0 Å². The second kappa shape index (κ2) is 7.06. The quantitative estimate of drug-likeness (QED) is 0.873. The van der Waals surface area contributed by atoms with E-state index < -0.39 is 0 Å². The summed E-state index contributed by atoms with van der Waals surface area (Å²) in [6.45, 7) is 5.90. The lowest BCUT2D eigenvalue weighted by atomic mass is 10.0.